The van der Waals surface area contributed by atoms with Crippen LogP contribution in [-0.2, 0) is 11.2 Å². The normalized spacial score (nSPS) is 10.8. The van der Waals surface area contributed by atoms with Gasteiger partial charge in [-0.05, 0) is 37.5 Å². The maximum Gasteiger partial charge on any atom is 0.234 e. The maximum absolute atomic E-state index is 12.4. The molecule has 140 valence electrons. The van der Waals surface area contributed by atoms with Gasteiger partial charge >= 0.3 is 0 Å². The Morgan fingerprint density at radius 3 is 2.70 bits per heavy atom. The molecule has 0 spiro atoms. The van der Waals surface area contributed by atoms with E-state index in [1.165, 1.54) is 16.4 Å². The standard InChI is InChI=1S/C20H23N5OS/c1-4-15-9-6-8-14(3)18(15)22-17(26)12-27-20-24-23-19(25(20)21)16-10-5-7-13(2)11-16/h5-11H,4,12,21H2,1-3H3,(H,22,26). The minimum atomic E-state index is -0.0934. The number of anilines is 1. The molecule has 1 aromatic heterocycles. The number of carbonyl (C=O) groups is 1. The molecule has 0 radical (unpaired) electrons. The smallest absolute Gasteiger partial charge is 0.234 e. The van der Waals surface area contributed by atoms with Crippen LogP contribution in [0.4, 0.5) is 5.69 Å². The van der Waals surface area contributed by atoms with E-state index in [0.717, 1.165) is 34.4 Å². The SMILES string of the molecule is CCc1cccc(C)c1NC(=O)CSc1nnc(-c2cccc(C)c2)n1N. The van der Waals surface area contributed by atoms with E-state index in [4.69, 9.17) is 5.84 Å². The lowest BCUT2D eigenvalue weighted by atomic mass is 10.1. The molecule has 27 heavy (non-hydrogen) atoms. The van der Waals surface area contributed by atoms with E-state index in [9.17, 15) is 4.79 Å². The number of aromatic nitrogens is 3. The highest BCUT2D eigenvalue weighted by molar-refractivity contribution is 7.99. The van der Waals surface area contributed by atoms with Gasteiger partial charge in [0.25, 0.3) is 0 Å². The number of nitrogens with two attached hydrogens (primary N) is 1. The molecule has 3 rings (SSSR count). The van der Waals surface area contributed by atoms with Gasteiger partial charge < -0.3 is 11.2 Å². The molecule has 0 saturated carbocycles. The Balaban J connectivity index is 1.68. The summed E-state index contributed by atoms with van der Waals surface area (Å²) in [6.07, 6.45) is 0.863. The first-order valence-corrected chi connectivity index (χ1v) is 9.76. The summed E-state index contributed by atoms with van der Waals surface area (Å²) in [5.41, 5.74) is 5.08. The average Bonchev–Trinajstić information content (AvgIpc) is 3.02. The average molecular weight is 382 g/mol. The zero-order chi connectivity index (χ0) is 19.4. The van der Waals surface area contributed by atoms with Crippen molar-refractivity contribution < 1.29 is 4.79 Å². The Hall–Kier alpha value is -2.80. The molecule has 3 aromatic rings. The predicted molar refractivity (Wildman–Crippen MR) is 110 cm³/mol. The Kier molecular flexibility index (Phi) is 5.81. The summed E-state index contributed by atoms with van der Waals surface area (Å²) in [4.78, 5) is 12.4. The topological polar surface area (TPSA) is 85.8 Å². The molecule has 0 aliphatic carbocycles. The first-order valence-electron chi connectivity index (χ1n) is 8.78. The van der Waals surface area contributed by atoms with Crippen molar-refractivity contribution in [1.82, 2.24) is 14.9 Å². The van der Waals surface area contributed by atoms with E-state index in [2.05, 4.69) is 22.4 Å². The number of rotatable bonds is 6. The van der Waals surface area contributed by atoms with E-state index in [1.54, 1.807) is 0 Å². The number of hydrogen-bond acceptors (Lipinski definition) is 5. The highest BCUT2D eigenvalue weighted by Crippen LogP contribution is 2.24. The molecule has 0 aliphatic heterocycles. The van der Waals surface area contributed by atoms with Crippen LogP contribution in [0, 0.1) is 13.8 Å². The maximum atomic E-state index is 12.4. The van der Waals surface area contributed by atoms with Crippen molar-refractivity contribution in [2.75, 3.05) is 16.9 Å². The zero-order valence-corrected chi connectivity index (χ0v) is 16.5. The summed E-state index contributed by atoms with van der Waals surface area (Å²) in [5.74, 6) is 6.83. The molecule has 0 aliphatic rings. The van der Waals surface area contributed by atoms with Crippen molar-refractivity contribution in [3.05, 3.63) is 59.2 Å². The van der Waals surface area contributed by atoms with Gasteiger partial charge in [-0.15, -0.1) is 10.2 Å². The molecule has 0 unspecified atom stereocenters. The van der Waals surface area contributed by atoms with Gasteiger partial charge in [-0.25, -0.2) is 4.68 Å². The summed E-state index contributed by atoms with van der Waals surface area (Å²) < 4.78 is 1.43. The second-order valence-electron chi connectivity index (χ2n) is 6.35. The van der Waals surface area contributed by atoms with E-state index in [0.29, 0.717) is 11.0 Å². The molecule has 0 bridgehead atoms. The number of amides is 1. The number of nitrogen functional groups attached to an aromatic ring is 1. The lowest BCUT2D eigenvalue weighted by molar-refractivity contribution is -0.113. The van der Waals surface area contributed by atoms with E-state index in [-0.39, 0.29) is 11.7 Å². The quantitative estimate of drug-likeness (QED) is 0.504. The van der Waals surface area contributed by atoms with Gasteiger partial charge in [-0.3, -0.25) is 4.79 Å². The summed E-state index contributed by atoms with van der Waals surface area (Å²) in [6.45, 7) is 6.08. The largest absolute Gasteiger partial charge is 0.335 e. The van der Waals surface area contributed by atoms with Gasteiger partial charge in [0, 0.05) is 11.3 Å². The Morgan fingerprint density at radius 1 is 1.19 bits per heavy atom. The summed E-state index contributed by atoms with van der Waals surface area (Å²) in [5, 5.41) is 11.8. The molecule has 7 heteroatoms. The number of nitrogens with zero attached hydrogens (tertiary/aromatic N) is 3. The monoisotopic (exact) mass is 381 g/mol. The van der Waals surface area contributed by atoms with Crippen molar-refractivity contribution in [2.45, 2.75) is 32.3 Å². The van der Waals surface area contributed by atoms with Gasteiger partial charge in [-0.2, -0.15) is 0 Å². The minimum absolute atomic E-state index is 0.0934. The molecule has 1 amide bonds. The van der Waals surface area contributed by atoms with Crippen molar-refractivity contribution >= 4 is 23.4 Å². The molecular weight excluding hydrogens is 358 g/mol. The number of nitrogens with one attached hydrogen (secondary N) is 1. The van der Waals surface area contributed by atoms with Crippen molar-refractivity contribution in [1.29, 1.82) is 0 Å². The second-order valence-corrected chi connectivity index (χ2v) is 7.29. The second kappa shape index (κ2) is 8.26. The molecule has 1 heterocycles. The molecule has 0 saturated heterocycles. The molecule has 0 fully saturated rings. The fourth-order valence-electron chi connectivity index (χ4n) is 2.86. The zero-order valence-electron chi connectivity index (χ0n) is 15.7. The van der Waals surface area contributed by atoms with Gasteiger partial charge in [0.2, 0.25) is 11.1 Å². The fraction of sp³-hybridized carbons (Fsp3) is 0.250. The first-order chi connectivity index (χ1) is 13.0. The lowest BCUT2D eigenvalue weighted by Crippen LogP contribution is -2.17. The Morgan fingerprint density at radius 2 is 1.96 bits per heavy atom. The predicted octanol–water partition coefficient (Wildman–Crippen LogP) is 3.57. The van der Waals surface area contributed by atoms with E-state index in [1.807, 2.05) is 56.3 Å². The summed E-state index contributed by atoms with van der Waals surface area (Å²) in [6, 6.07) is 13.9. The highest BCUT2D eigenvalue weighted by atomic mass is 32.2. The number of benzene rings is 2. The van der Waals surface area contributed by atoms with Crippen LogP contribution in [0.1, 0.15) is 23.6 Å². The van der Waals surface area contributed by atoms with Crippen LogP contribution in [0.3, 0.4) is 0 Å². The van der Waals surface area contributed by atoms with Crippen molar-refractivity contribution in [3.8, 4) is 11.4 Å². The van der Waals surface area contributed by atoms with Gasteiger partial charge in [0.05, 0.1) is 5.75 Å². The van der Waals surface area contributed by atoms with Gasteiger partial charge in [-0.1, -0.05) is 60.6 Å². The molecule has 3 N–H and O–H groups in total. The number of hydrogen-bond donors (Lipinski definition) is 2. The van der Waals surface area contributed by atoms with Crippen molar-refractivity contribution in [3.63, 3.8) is 0 Å². The van der Waals surface area contributed by atoms with Crippen LogP contribution in [0.15, 0.2) is 47.6 Å². The number of aryl methyl sites for hydroxylation is 3. The first kappa shape index (κ1) is 19.0. The van der Waals surface area contributed by atoms with Crippen LogP contribution < -0.4 is 11.2 Å². The van der Waals surface area contributed by atoms with Crippen LogP contribution in [0.5, 0.6) is 0 Å². The Labute approximate surface area is 163 Å². The van der Waals surface area contributed by atoms with E-state index >= 15 is 0 Å². The number of thioether (sulfide) groups is 1. The third kappa shape index (κ3) is 4.31. The number of para-hydroxylation sites is 1. The lowest BCUT2D eigenvalue weighted by Gasteiger charge is -2.12. The van der Waals surface area contributed by atoms with Gasteiger partial charge in [0.1, 0.15) is 0 Å². The van der Waals surface area contributed by atoms with Crippen LogP contribution in [0.25, 0.3) is 11.4 Å². The van der Waals surface area contributed by atoms with Crippen LogP contribution >= 0.6 is 11.8 Å². The fourth-order valence-corrected chi connectivity index (χ4v) is 3.52. The third-order valence-electron chi connectivity index (χ3n) is 4.28. The number of carbonyl (C=O) groups excluding carboxylic acids is 1. The highest BCUT2D eigenvalue weighted by Gasteiger charge is 2.15. The molecule has 2 aromatic carbocycles. The van der Waals surface area contributed by atoms with Crippen LogP contribution in [-0.4, -0.2) is 26.5 Å². The summed E-state index contributed by atoms with van der Waals surface area (Å²) in [7, 11) is 0. The van der Waals surface area contributed by atoms with Gasteiger partial charge in [0.15, 0.2) is 5.82 Å². The molecule has 6 nitrogen and oxygen atoms in total. The molecular formula is C20H23N5OS. The van der Waals surface area contributed by atoms with Crippen LogP contribution in [0.2, 0.25) is 0 Å². The minimum Gasteiger partial charge on any atom is -0.335 e. The molecule has 0 atom stereocenters. The van der Waals surface area contributed by atoms with Crippen molar-refractivity contribution in [2.24, 2.45) is 0 Å². The third-order valence-corrected chi connectivity index (χ3v) is 5.22. The Bertz CT molecular complexity index is 967. The van der Waals surface area contributed by atoms with E-state index < -0.39 is 0 Å². The summed E-state index contributed by atoms with van der Waals surface area (Å²) >= 11 is 1.27.